The first-order chi connectivity index (χ1) is 13.1. The molecule has 0 spiro atoms. The zero-order chi connectivity index (χ0) is 19.2. The highest BCUT2D eigenvalue weighted by Crippen LogP contribution is 2.25. The Morgan fingerprint density at radius 3 is 2.89 bits per heavy atom. The van der Waals surface area contributed by atoms with Crippen molar-refractivity contribution in [1.82, 2.24) is 5.32 Å². The molecule has 0 bridgehead atoms. The number of thioether (sulfide) groups is 1. The molecule has 0 atom stereocenters. The fourth-order valence-electron chi connectivity index (χ4n) is 2.44. The van der Waals surface area contributed by atoms with Gasteiger partial charge >= 0.3 is 5.97 Å². The minimum atomic E-state index is -0.623. The van der Waals surface area contributed by atoms with Crippen LogP contribution in [0.4, 0.5) is 5.69 Å². The van der Waals surface area contributed by atoms with Crippen LogP contribution in [0.5, 0.6) is 5.75 Å². The molecule has 0 radical (unpaired) electrons. The lowest BCUT2D eigenvalue weighted by Crippen LogP contribution is -2.36. The molecule has 0 saturated carbocycles. The number of phenols is 1. The van der Waals surface area contributed by atoms with Gasteiger partial charge in [-0.25, -0.2) is 4.79 Å². The first-order valence-corrected chi connectivity index (χ1v) is 8.94. The zero-order valence-corrected chi connectivity index (χ0v) is 15.4. The average molecular weight is 390 g/mol. The number of nitrogens with zero attached hydrogens (tertiary/aromatic N) is 3. The molecule has 2 aliphatic rings. The van der Waals surface area contributed by atoms with Gasteiger partial charge in [0.05, 0.1) is 31.4 Å². The first kappa shape index (κ1) is 18.9. The number of hydrogen-bond donors (Lipinski definition) is 2. The van der Waals surface area contributed by atoms with E-state index in [9.17, 15) is 14.7 Å². The van der Waals surface area contributed by atoms with Crippen molar-refractivity contribution in [3.05, 3.63) is 34.7 Å². The maximum absolute atomic E-state index is 11.7. The molecule has 0 aromatic heterocycles. The van der Waals surface area contributed by atoms with Crippen molar-refractivity contribution in [2.24, 2.45) is 10.2 Å². The number of amides is 1. The number of ether oxygens (including phenoxy) is 2. The van der Waals surface area contributed by atoms with Gasteiger partial charge in [0.15, 0.2) is 5.17 Å². The quantitative estimate of drug-likeness (QED) is 0.339. The molecule has 2 fully saturated rings. The number of rotatable bonds is 4. The minimum absolute atomic E-state index is 0.0809. The molecule has 142 valence electrons. The molecule has 9 nitrogen and oxygen atoms in total. The van der Waals surface area contributed by atoms with Crippen molar-refractivity contribution in [3.63, 3.8) is 0 Å². The van der Waals surface area contributed by atoms with E-state index in [2.05, 4.69) is 25.2 Å². The van der Waals surface area contributed by atoms with Gasteiger partial charge in [-0.05, 0) is 23.9 Å². The second kappa shape index (κ2) is 8.69. The fraction of sp³-hybridized carbons (Fsp3) is 0.294. The molecule has 2 heterocycles. The summed E-state index contributed by atoms with van der Waals surface area (Å²) >= 11 is 0.978. The highest BCUT2D eigenvalue weighted by atomic mass is 32.2. The number of morpholine rings is 1. The second-order valence-corrected chi connectivity index (χ2v) is 6.61. The number of amidine groups is 1. The number of hydrogen-bond acceptors (Lipinski definition) is 9. The van der Waals surface area contributed by atoms with Crippen LogP contribution < -0.4 is 10.2 Å². The monoisotopic (exact) mass is 390 g/mol. The van der Waals surface area contributed by atoms with Crippen molar-refractivity contribution in [2.75, 3.05) is 38.3 Å². The highest BCUT2D eigenvalue weighted by molar-refractivity contribution is 8.18. The van der Waals surface area contributed by atoms with Crippen LogP contribution in [0.1, 0.15) is 5.56 Å². The van der Waals surface area contributed by atoms with E-state index in [0.717, 1.165) is 36.6 Å². The number of carbonyl (C=O) groups excluding carboxylic acids is 2. The Bertz CT molecular complexity index is 831. The third-order valence-corrected chi connectivity index (χ3v) is 4.74. The Hall–Kier alpha value is -2.85. The smallest absolute Gasteiger partial charge is 0.331 e. The molecular weight excluding hydrogens is 372 g/mol. The Kier molecular flexibility index (Phi) is 6.09. The predicted molar refractivity (Wildman–Crippen MR) is 102 cm³/mol. The summed E-state index contributed by atoms with van der Waals surface area (Å²) in [5, 5.41) is 20.7. The van der Waals surface area contributed by atoms with Crippen molar-refractivity contribution >= 4 is 40.7 Å². The topological polar surface area (TPSA) is 113 Å². The molecule has 1 aromatic carbocycles. The Morgan fingerprint density at radius 2 is 2.19 bits per heavy atom. The van der Waals surface area contributed by atoms with E-state index in [1.165, 1.54) is 13.3 Å². The summed E-state index contributed by atoms with van der Waals surface area (Å²) < 4.78 is 9.80. The Morgan fingerprint density at radius 1 is 1.41 bits per heavy atom. The van der Waals surface area contributed by atoms with Gasteiger partial charge in [-0.3, -0.25) is 10.1 Å². The molecule has 27 heavy (non-hydrogen) atoms. The second-order valence-electron chi connectivity index (χ2n) is 5.58. The van der Waals surface area contributed by atoms with Gasteiger partial charge in [0.2, 0.25) is 0 Å². The lowest BCUT2D eigenvalue weighted by atomic mass is 10.2. The molecule has 0 aliphatic carbocycles. The van der Waals surface area contributed by atoms with Crippen molar-refractivity contribution in [1.29, 1.82) is 0 Å². The molecule has 2 aliphatic heterocycles. The molecule has 2 saturated heterocycles. The Labute approximate surface area is 159 Å². The maximum Gasteiger partial charge on any atom is 0.331 e. The third kappa shape index (κ3) is 4.86. The number of aromatic hydroxyl groups is 1. The average Bonchev–Trinajstić information content (AvgIpc) is 3.02. The van der Waals surface area contributed by atoms with Gasteiger partial charge in [0, 0.05) is 36.5 Å². The number of anilines is 1. The van der Waals surface area contributed by atoms with Crippen LogP contribution in [0.15, 0.2) is 39.4 Å². The van der Waals surface area contributed by atoms with E-state index >= 15 is 0 Å². The van der Waals surface area contributed by atoms with Gasteiger partial charge in [-0.15, -0.1) is 5.10 Å². The van der Waals surface area contributed by atoms with Crippen LogP contribution in [0.2, 0.25) is 0 Å². The van der Waals surface area contributed by atoms with Crippen LogP contribution in [0.3, 0.4) is 0 Å². The number of phenolic OH excluding ortho intramolecular Hbond substituents is 1. The third-order valence-electron chi connectivity index (χ3n) is 3.84. The van der Waals surface area contributed by atoms with Crippen LogP contribution >= 0.6 is 11.8 Å². The first-order valence-electron chi connectivity index (χ1n) is 8.12. The summed E-state index contributed by atoms with van der Waals surface area (Å²) in [7, 11) is 1.23. The maximum atomic E-state index is 11.7. The summed E-state index contributed by atoms with van der Waals surface area (Å²) in [4.78, 5) is 25.2. The predicted octanol–water partition coefficient (Wildman–Crippen LogP) is 0.839. The zero-order valence-electron chi connectivity index (χ0n) is 14.5. The number of methoxy groups -OCH3 is 1. The van der Waals surface area contributed by atoms with Crippen molar-refractivity contribution in [3.8, 4) is 5.75 Å². The summed E-state index contributed by atoms with van der Waals surface area (Å²) in [5.41, 5.74) is 1.41. The summed E-state index contributed by atoms with van der Waals surface area (Å²) in [6, 6.07) is 5.30. The van der Waals surface area contributed by atoms with Gasteiger partial charge in [-0.1, -0.05) is 0 Å². The summed E-state index contributed by atoms with van der Waals surface area (Å²) in [5.74, 6) is -0.989. The molecule has 0 unspecified atom stereocenters. The number of esters is 1. The SMILES string of the molecule is COC(=O)/C=C1/S/C(=N\N=Cc2ccc(N3CCOCC3)cc2O)NC1=O. The van der Waals surface area contributed by atoms with E-state index < -0.39 is 11.9 Å². The van der Waals surface area contributed by atoms with Gasteiger partial charge in [-0.2, -0.15) is 5.10 Å². The summed E-state index contributed by atoms with van der Waals surface area (Å²) in [6.45, 7) is 2.88. The van der Waals surface area contributed by atoms with E-state index in [-0.39, 0.29) is 15.8 Å². The van der Waals surface area contributed by atoms with Gasteiger partial charge < -0.3 is 19.5 Å². The lowest BCUT2D eigenvalue weighted by molar-refractivity contribution is -0.135. The Balaban J connectivity index is 1.66. The largest absolute Gasteiger partial charge is 0.507 e. The molecule has 2 N–H and O–H groups in total. The molecule has 10 heteroatoms. The molecular formula is C17H18N4O5S. The normalized spacial score (nSPS) is 20.5. The number of carbonyl (C=O) groups is 2. The summed E-state index contributed by atoms with van der Waals surface area (Å²) in [6.07, 6.45) is 2.47. The lowest BCUT2D eigenvalue weighted by Gasteiger charge is -2.29. The van der Waals surface area contributed by atoms with Crippen molar-refractivity contribution in [2.45, 2.75) is 0 Å². The fourth-order valence-corrected chi connectivity index (χ4v) is 3.18. The van der Waals surface area contributed by atoms with Crippen molar-refractivity contribution < 1.29 is 24.2 Å². The standard InChI is InChI=1S/C17H18N4O5S/c1-25-15(23)9-14-16(24)19-17(27-14)20-18-10-11-2-3-12(8-13(11)22)21-4-6-26-7-5-21/h2-3,8-10,22H,4-7H2,1H3,(H,19,20,24)/b14-9+,18-10?. The van der Waals surface area contributed by atoms with Crippen LogP contribution in [0.25, 0.3) is 0 Å². The molecule has 1 aromatic rings. The van der Waals surface area contributed by atoms with Crippen LogP contribution in [-0.2, 0) is 19.1 Å². The number of benzene rings is 1. The van der Waals surface area contributed by atoms with E-state index in [1.807, 2.05) is 6.07 Å². The van der Waals surface area contributed by atoms with E-state index in [0.29, 0.717) is 18.8 Å². The molecule has 3 rings (SSSR count). The minimum Gasteiger partial charge on any atom is -0.507 e. The van der Waals surface area contributed by atoms with Crippen LogP contribution in [0, 0.1) is 0 Å². The van der Waals surface area contributed by atoms with E-state index in [4.69, 9.17) is 4.74 Å². The van der Waals surface area contributed by atoms with Gasteiger partial charge in [0.25, 0.3) is 5.91 Å². The highest BCUT2D eigenvalue weighted by Gasteiger charge is 2.25. The van der Waals surface area contributed by atoms with Gasteiger partial charge in [0.1, 0.15) is 5.75 Å². The van der Waals surface area contributed by atoms with E-state index in [1.54, 1.807) is 12.1 Å². The molecule has 1 amide bonds. The van der Waals surface area contributed by atoms with Crippen LogP contribution in [-0.4, -0.2) is 61.8 Å². The number of nitrogens with one attached hydrogen (secondary N) is 1.